The van der Waals surface area contributed by atoms with Gasteiger partial charge >= 0.3 is 6.18 Å². The van der Waals surface area contributed by atoms with Crippen molar-refractivity contribution >= 4 is 15.9 Å². The van der Waals surface area contributed by atoms with Crippen LogP contribution in [0, 0.1) is 6.92 Å². The summed E-state index contributed by atoms with van der Waals surface area (Å²) in [5.41, 5.74) is 2.24. The monoisotopic (exact) mass is 357 g/mol. The molecule has 0 saturated carbocycles. The molecule has 0 amide bonds. The summed E-state index contributed by atoms with van der Waals surface area (Å²) < 4.78 is 38.9. The van der Waals surface area contributed by atoms with E-state index in [1.807, 2.05) is 25.1 Å². The molecule has 21 heavy (non-hydrogen) atoms. The number of rotatable bonds is 4. The molecule has 2 aromatic carbocycles. The Morgan fingerprint density at radius 2 is 1.67 bits per heavy atom. The Kier molecular flexibility index (Phi) is 5.06. The lowest BCUT2D eigenvalue weighted by molar-refractivity contribution is -0.137. The molecular weight excluding hydrogens is 343 g/mol. The first-order valence-electron chi connectivity index (χ1n) is 6.48. The van der Waals surface area contributed by atoms with Crippen LogP contribution < -0.4 is 5.32 Å². The van der Waals surface area contributed by atoms with E-state index in [2.05, 4.69) is 21.2 Å². The summed E-state index contributed by atoms with van der Waals surface area (Å²) in [5.74, 6) is 0. The van der Waals surface area contributed by atoms with Crippen LogP contribution in [0.5, 0.6) is 0 Å². The van der Waals surface area contributed by atoms with Crippen LogP contribution in [0.2, 0.25) is 0 Å². The maximum absolute atomic E-state index is 12.6. The van der Waals surface area contributed by atoms with Crippen molar-refractivity contribution in [3.63, 3.8) is 0 Å². The summed E-state index contributed by atoms with van der Waals surface area (Å²) in [6.07, 6.45) is -4.29. The lowest BCUT2D eigenvalue weighted by Crippen LogP contribution is -2.13. The molecule has 0 aromatic heterocycles. The van der Waals surface area contributed by atoms with Gasteiger partial charge in [0.2, 0.25) is 0 Å². The van der Waals surface area contributed by atoms with E-state index in [1.165, 1.54) is 12.1 Å². The summed E-state index contributed by atoms with van der Waals surface area (Å²) >= 11 is 3.46. The first kappa shape index (κ1) is 16.0. The fraction of sp³-hybridized carbons (Fsp3) is 0.250. The number of hydrogen-bond acceptors (Lipinski definition) is 1. The van der Waals surface area contributed by atoms with Crippen LogP contribution in [-0.4, -0.2) is 0 Å². The smallest absolute Gasteiger partial charge is 0.309 e. The largest absolute Gasteiger partial charge is 0.416 e. The highest BCUT2D eigenvalue weighted by molar-refractivity contribution is 9.10. The Bertz CT molecular complexity index is 623. The Hall–Kier alpha value is -1.33. The summed E-state index contributed by atoms with van der Waals surface area (Å²) in [6, 6.07) is 11.4. The summed E-state index contributed by atoms with van der Waals surface area (Å²) in [5, 5.41) is 3.16. The van der Waals surface area contributed by atoms with Crippen LogP contribution in [0.1, 0.15) is 22.3 Å². The third-order valence-corrected chi connectivity index (χ3v) is 4.00. The summed E-state index contributed by atoms with van der Waals surface area (Å²) in [4.78, 5) is 0. The zero-order valence-electron chi connectivity index (χ0n) is 11.5. The van der Waals surface area contributed by atoms with Gasteiger partial charge in [0.1, 0.15) is 0 Å². The molecule has 112 valence electrons. The lowest BCUT2D eigenvalue weighted by Gasteiger charge is -2.10. The molecule has 5 heteroatoms. The summed E-state index contributed by atoms with van der Waals surface area (Å²) in [6.45, 7) is 3.01. The number of hydrogen-bond donors (Lipinski definition) is 1. The highest BCUT2D eigenvalue weighted by atomic mass is 79.9. The highest BCUT2D eigenvalue weighted by Crippen LogP contribution is 2.29. The second-order valence-electron chi connectivity index (χ2n) is 4.89. The molecule has 0 spiro atoms. The molecule has 0 radical (unpaired) electrons. The molecule has 0 heterocycles. The number of alkyl halides is 3. The molecule has 0 fully saturated rings. The van der Waals surface area contributed by atoms with Crippen molar-refractivity contribution in [1.29, 1.82) is 0 Å². The Balaban J connectivity index is 1.96. The fourth-order valence-corrected chi connectivity index (χ4v) is 2.38. The van der Waals surface area contributed by atoms with E-state index >= 15 is 0 Å². The van der Waals surface area contributed by atoms with E-state index in [9.17, 15) is 13.2 Å². The molecule has 0 atom stereocenters. The number of benzene rings is 2. The molecule has 0 saturated heterocycles. The third-order valence-electron chi connectivity index (χ3n) is 3.15. The van der Waals surface area contributed by atoms with E-state index in [-0.39, 0.29) is 0 Å². The van der Waals surface area contributed by atoms with Crippen LogP contribution in [0.15, 0.2) is 46.9 Å². The lowest BCUT2D eigenvalue weighted by atomic mass is 10.1. The van der Waals surface area contributed by atoms with Gasteiger partial charge < -0.3 is 5.32 Å². The molecular formula is C16H15BrF3N. The van der Waals surface area contributed by atoms with E-state index < -0.39 is 11.7 Å². The predicted octanol–water partition coefficient (Wildman–Crippen LogP) is 5.07. The molecule has 2 aromatic rings. The van der Waals surface area contributed by atoms with E-state index in [0.717, 1.165) is 21.7 Å². The molecule has 0 aliphatic rings. The average Bonchev–Trinajstić information content (AvgIpc) is 2.42. The number of halogens is 4. The second-order valence-corrected chi connectivity index (χ2v) is 5.74. The van der Waals surface area contributed by atoms with Crippen LogP contribution in [0.25, 0.3) is 0 Å². The zero-order chi connectivity index (χ0) is 15.5. The van der Waals surface area contributed by atoms with Crippen molar-refractivity contribution in [3.8, 4) is 0 Å². The van der Waals surface area contributed by atoms with Crippen LogP contribution in [-0.2, 0) is 19.3 Å². The van der Waals surface area contributed by atoms with E-state index in [0.29, 0.717) is 18.7 Å². The van der Waals surface area contributed by atoms with Crippen LogP contribution in [0.4, 0.5) is 13.2 Å². The fourth-order valence-electron chi connectivity index (χ4n) is 1.96. The number of aryl methyl sites for hydroxylation is 1. The molecule has 2 rings (SSSR count). The molecule has 0 unspecified atom stereocenters. The van der Waals surface area contributed by atoms with Crippen molar-refractivity contribution < 1.29 is 13.2 Å². The van der Waals surface area contributed by atoms with Crippen LogP contribution >= 0.6 is 15.9 Å². The van der Waals surface area contributed by atoms with Gasteiger partial charge in [0.05, 0.1) is 5.56 Å². The quantitative estimate of drug-likeness (QED) is 0.805. The van der Waals surface area contributed by atoms with Crippen molar-refractivity contribution in [2.45, 2.75) is 26.2 Å². The van der Waals surface area contributed by atoms with Crippen molar-refractivity contribution in [2.24, 2.45) is 0 Å². The van der Waals surface area contributed by atoms with Gasteiger partial charge in [0.15, 0.2) is 0 Å². The Morgan fingerprint density at radius 3 is 2.29 bits per heavy atom. The zero-order valence-corrected chi connectivity index (χ0v) is 13.1. The Morgan fingerprint density at radius 1 is 1.00 bits per heavy atom. The topological polar surface area (TPSA) is 12.0 Å². The van der Waals surface area contributed by atoms with Gasteiger partial charge in [-0.2, -0.15) is 13.2 Å². The van der Waals surface area contributed by atoms with Gasteiger partial charge in [-0.15, -0.1) is 0 Å². The SMILES string of the molecule is Cc1ccc(CNCc2cccc(C(F)(F)F)c2)cc1Br. The molecule has 0 aliphatic carbocycles. The van der Waals surface area contributed by atoms with E-state index in [1.54, 1.807) is 6.07 Å². The maximum atomic E-state index is 12.6. The second kappa shape index (κ2) is 6.62. The maximum Gasteiger partial charge on any atom is 0.416 e. The average molecular weight is 358 g/mol. The molecule has 0 bridgehead atoms. The first-order valence-corrected chi connectivity index (χ1v) is 7.27. The van der Waals surface area contributed by atoms with Gasteiger partial charge in [-0.1, -0.05) is 46.3 Å². The minimum atomic E-state index is -4.29. The van der Waals surface area contributed by atoms with Gasteiger partial charge in [0, 0.05) is 17.6 Å². The predicted molar refractivity (Wildman–Crippen MR) is 80.9 cm³/mol. The van der Waals surface area contributed by atoms with Crippen molar-refractivity contribution in [1.82, 2.24) is 5.32 Å². The van der Waals surface area contributed by atoms with E-state index in [4.69, 9.17) is 0 Å². The minimum Gasteiger partial charge on any atom is -0.309 e. The van der Waals surface area contributed by atoms with Crippen LogP contribution in [0.3, 0.4) is 0 Å². The molecule has 1 nitrogen and oxygen atoms in total. The van der Waals surface area contributed by atoms with Gasteiger partial charge in [-0.3, -0.25) is 0 Å². The van der Waals surface area contributed by atoms with Gasteiger partial charge in [-0.05, 0) is 35.7 Å². The Labute approximate surface area is 130 Å². The third kappa shape index (κ3) is 4.58. The highest BCUT2D eigenvalue weighted by Gasteiger charge is 2.30. The first-order chi connectivity index (χ1) is 9.86. The number of nitrogens with one attached hydrogen (secondary N) is 1. The van der Waals surface area contributed by atoms with Crippen molar-refractivity contribution in [3.05, 3.63) is 69.2 Å². The normalized spacial score (nSPS) is 11.7. The van der Waals surface area contributed by atoms with Crippen molar-refractivity contribution in [2.75, 3.05) is 0 Å². The van der Waals surface area contributed by atoms with Gasteiger partial charge in [0.25, 0.3) is 0 Å². The summed E-state index contributed by atoms with van der Waals surface area (Å²) in [7, 11) is 0. The standard InChI is InChI=1S/C16H15BrF3N/c1-11-5-6-13(8-15(11)17)10-21-9-12-3-2-4-14(7-12)16(18,19)20/h2-8,21H,9-10H2,1H3. The molecule has 1 N–H and O–H groups in total. The minimum absolute atomic E-state index is 0.398. The molecule has 0 aliphatic heterocycles. The van der Waals surface area contributed by atoms with Gasteiger partial charge in [-0.25, -0.2) is 0 Å².